The second-order valence-electron chi connectivity index (χ2n) is 3.55. The van der Waals surface area contributed by atoms with Crippen LogP contribution in [0.4, 0.5) is 5.69 Å². The molecule has 0 atom stereocenters. The Labute approximate surface area is 97.6 Å². The first-order valence-corrected chi connectivity index (χ1v) is 4.96. The Morgan fingerprint density at radius 2 is 2.24 bits per heavy atom. The number of hydrogen-bond acceptors (Lipinski definition) is 4. The maximum absolute atomic E-state index is 10.7. The second-order valence-corrected chi connectivity index (χ2v) is 3.55. The van der Waals surface area contributed by atoms with E-state index in [0.29, 0.717) is 11.3 Å². The summed E-state index contributed by atoms with van der Waals surface area (Å²) in [6.07, 6.45) is 3.29. The number of rotatable bonds is 3. The molecule has 6 nitrogen and oxygen atoms in total. The Morgan fingerprint density at radius 3 is 2.76 bits per heavy atom. The van der Waals surface area contributed by atoms with Crippen LogP contribution in [0.1, 0.15) is 5.56 Å². The average Bonchev–Trinajstić information content (AvgIpc) is 2.76. The summed E-state index contributed by atoms with van der Waals surface area (Å²) in [6, 6.07) is 4.83. The first-order valence-electron chi connectivity index (χ1n) is 4.96. The third kappa shape index (κ3) is 2.10. The summed E-state index contributed by atoms with van der Waals surface area (Å²) in [5.41, 5.74) is 1.46. The van der Waals surface area contributed by atoms with Gasteiger partial charge in [-0.05, 0) is 19.1 Å². The predicted molar refractivity (Wildman–Crippen MR) is 61.5 cm³/mol. The Kier molecular flexibility index (Phi) is 2.78. The fraction of sp³-hybridized carbons (Fsp3) is 0.182. The summed E-state index contributed by atoms with van der Waals surface area (Å²) in [6.45, 7) is 1.70. The van der Waals surface area contributed by atoms with Gasteiger partial charge in [-0.1, -0.05) is 0 Å². The van der Waals surface area contributed by atoms with Crippen LogP contribution in [0.25, 0.3) is 5.69 Å². The smallest absolute Gasteiger partial charge is 0.272 e. The van der Waals surface area contributed by atoms with E-state index in [1.165, 1.54) is 6.07 Å². The van der Waals surface area contributed by atoms with Crippen molar-refractivity contribution in [3.63, 3.8) is 0 Å². The minimum atomic E-state index is -0.400. The summed E-state index contributed by atoms with van der Waals surface area (Å²) in [5, 5.41) is 14.8. The molecule has 0 radical (unpaired) electrons. The lowest BCUT2D eigenvalue weighted by Crippen LogP contribution is -1.97. The van der Waals surface area contributed by atoms with Crippen molar-refractivity contribution in [1.29, 1.82) is 0 Å². The molecule has 6 heteroatoms. The zero-order valence-corrected chi connectivity index (χ0v) is 9.45. The number of aromatic nitrogens is 2. The van der Waals surface area contributed by atoms with Crippen molar-refractivity contribution in [1.82, 2.24) is 9.78 Å². The standard InChI is InChI=1S/C11H11N3O3/c1-8-5-9(3-4-11(8)14(15)16)13-7-10(17-2)6-12-13/h3-7H,1-2H3. The third-order valence-electron chi connectivity index (χ3n) is 2.44. The van der Waals surface area contributed by atoms with Gasteiger partial charge in [-0.25, -0.2) is 4.68 Å². The number of hydrogen-bond donors (Lipinski definition) is 0. The number of aryl methyl sites for hydroxylation is 1. The molecule has 0 saturated carbocycles. The Morgan fingerprint density at radius 1 is 1.47 bits per heavy atom. The molecule has 0 aliphatic rings. The van der Waals surface area contributed by atoms with Crippen LogP contribution in [0.3, 0.4) is 0 Å². The van der Waals surface area contributed by atoms with Crippen LogP contribution in [0.15, 0.2) is 30.6 Å². The van der Waals surface area contributed by atoms with Crippen LogP contribution in [0.5, 0.6) is 5.75 Å². The van der Waals surface area contributed by atoms with Gasteiger partial charge in [-0.3, -0.25) is 10.1 Å². The van der Waals surface area contributed by atoms with Gasteiger partial charge < -0.3 is 4.74 Å². The molecule has 0 N–H and O–H groups in total. The van der Waals surface area contributed by atoms with Crippen LogP contribution in [0, 0.1) is 17.0 Å². The number of nitrogens with zero attached hydrogens (tertiary/aromatic N) is 3. The highest BCUT2D eigenvalue weighted by molar-refractivity contribution is 5.47. The van der Waals surface area contributed by atoms with Gasteiger partial charge in [0.1, 0.15) is 0 Å². The quantitative estimate of drug-likeness (QED) is 0.601. The van der Waals surface area contributed by atoms with Crippen molar-refractivity contribution in [2.24, 2.45) is 0 Å². The average molecular weight is 233 g/mol. The topological polar surface area (TPSA) is 70.2 Å². The molecule has 1 aromatic carbocycles. The van der Waals surface area contributed by atoms with E-state index >= 15 is 0 Å². The molecule has 0 spiro atoms. The van der Waals surface area contributed by atoms with Gasteiger partial charge in [0.2, 0.25) is 0 Å². The zero-order valence-electron chi connectivity index (χ0n) is 9.45. The molecule has 0 aliphatic heterocycles. The van der Waals surface area contributed by atoms with Crippen LogP contribution in [-0.2, 0) is 0 Å². The van der Waals surface area contributed by atoms with E-state index in [9.17, 15) is 10.1 Å². The molecule has 0 saturated heterocycles. The fourth-order valence-electron chi connectivity index (χ4n) is 1.54. The molecular formula is C11H11N3O3. The summed E-state index contributed by atoms with van der Waals surface area (Å²) in [4.78, 5) is 10.3. The highest BCUT2D eigenvalue weighted by Crippen LogP contribution is 2.21. The van der Waals surface area contributed by atoms with Crippen LogP contribution in [0.2, 0.25) is 0 Å². The summed E-state index contributed by atoms with van der Waals surface area (Å²) < 4.78 is 6.62. The number of nitro groups is 1. The maximum atomic E-state index is 10.7. The van der Waals surface area contributed by atoms with Gasteiger partial charge >= 0.3 is 0 Å². The van der Waals surface area contributed by atoms with Gasteiger partial charge in [0.15, 0.2) is 5.75 Å². The van der Waals surface area contributed by atoms with Gasteiger partial charge in [0, 0.05) is 11.6 Å². The van der Waals surface area contributed by atoms with E-state index in [0.717, 1.165) is 5.69 Å². The molecule has 0 amide bonds. The number of nitro benzene ring substituents is 1. The van der Waals surface area contributed by atoms with E-state index in [4.69, 9.17) is 4.74 Å². The van der Waals surface area contributed by atoms with E-state index in [1.807, 2.05) is 0 Å². The lowest BCUT2D eigenvalue weighted by Gasteiger charge is -2.02. The molecule has 0 bridgehead atoms. The van der Waals surface area contributed by atoms with Crippen molar-refractivity contribution in [3.8, 4) is 11.4 Å². The number of ether oxygens (including phenoxy) is 1. The van der Waals surface area contributed by atoms with Gasteiger partial charge in [0.25, 0.3) is 5.69 Å². The Balaban J connectivity index is 2.40. The van der Waals surface area contributed by atoms with Crippen LogP contribution in [-0.4, -0.2) is 21.8 Å². The second kappa shape index (κ2) is 4.25. The molecule has 88 valence electrons. The summed E-state index contributed by atoms with van der Waals surface area (Å²) in [5.74, 6) is 0.640. The number of methoxy groups -OCH3 is 1. The lowest BCUT2D eigenvalue weighted by molar-refractivity contribution is -0.385. The Hall–Kier alpha value is -2.37. The van der Waals surface area contributed by atoms with Crippen molar-refractivity contribution in [2.45, 2.75) is 6.92 Å². The first kappa shape index (κ1) is 11.1. The molecule has 1 aromatic heterocycles. The van der Waals surface area contributed by atoms with Gasteiger partial charge in [-0.15, -0.1) is 0 Å². The molecule has 2 aromatic rings. The molecule has 2 rings (SSSR count). The summed E-state index contributed by atoms with van der Waals surface area (Å²) >= 11 is 0. The minimum Gasteiger partial charge on any atom is -0.493 e. The lowest BCUT2D eigenvalue weighted by atomic mass is 10.2. The van der Waals surface area contributed by atoms with Gasteiger partial charge in [-0.2, -0.15) is 5.10 Å². The van der Waals surface area contributed by atoms with Crippen molar-refractivity contribution in [3.05, 3.63) is 46.3 Å². The van der Waals surface area contributed by atoms with Crippen LogP contribution >= 0.6 is 0 Å². The van der Waals surface area contributed by atoms with Crippen molar-refractivity contribution < 1.29 is 9.66 Å². The fourth-order valence-corrected chi connectivity index (χ4v) is 1.54. The zero-order chi connectivity index (χ0) is 12.4. The normalized spacial score (nSPS) is 10.2. The van der Waals surface area contributed by atoms with Crippen molar-refractivity contribution >= 4 is 5.69 Å². The highest BCUT2D eigenvalue weighted by Gasteiger charge is 2.11. The molecular weight excluding hydrogens is 222 g/mol. The van der Waals surface area contributed by atoms with Gasteiger partial charge in [0.05, 0.1) is 30.1 Å². The Bertz CT molecular complexity index is 563. The van der Waals surface area contributed by atoms with Crippen molar-refractivity contribution in [2.75, 3.05) is 7.11 Å². The molecule has 17 heavy (non-hydrogen) atoms. The predicted octanol–water partition coefficient (Wildman–Crippen LogP) is 2.10. The largest absolute Gasteiger partial charge is 0.493 e. The van der Waals surface area contributed by atoms with Crippen LogP contribution < -0.4 is 4.74 Å². The monoisotopic (exact) mass is 233 g/mol. The molecule has 1 heterocycles. The first-order chi connectivity index (χ1) is 8.11. The molecule has 0 aliphatic carbocycles. The molecule has 0 unspecified atom stereocenters. The third-order valence-corrected chi connectivity index (χ3v) is 2.44. The summed E-state index contributed by atoms with van der Waals surface area (Å²) in [7, 11) is 1.56. The minimum absolute atomic E-state index is 0.105. The van der Waals surface area contributed by atoms with E-state index in [1.54, 1.807) is 43.2 Å². The van der Waals surface area contributed by atoms with E-state index < -0.39 is 4.92 Å². The SMILES string of the molecule is COc1cnn(-c2ccc([N+](=O)[O-])c(C)c2)c1. The van der Waals surface area contributed by atoms with E-state index in [2.05, 4.69) is 5.10 Å². The maximum Gasteiger partial charge on any atom is 0.272 e. The number of benzene rings is 1. The molecule has 0 fully saturated rings. The van der Waals surface area contributed by atoms with E-state index in [-0.39, 0.29) is 5.69 Å². The highest BCUT2D eigenvalue weighted by atomic mass is 16.6.